The average Bonchev–Trinajstić information content (AvgIpc) is 2.54. The molecule has 0 aliphatic heterocycles. The SMILES string of the molecule is CC(C)(C#N)NC(=O)c1ccc2c(=O)c3ccccc3[nH]c2c1. The van der Waals surface area contributed by atoms with Crippen molar-refractivity contribution >= 4 is 27.7 Å². The number of H-pyrrole nitrogens is 1. The topological polar surface area (TPSA) is 85.8 Å². The Balaban J connectivity index is 2.13. The number of fused-ring (bicyclic) bond motifs is 2. The van der Waals surface area contributed by atoms with Gasteiger partial charge in [0.25, 0.3) is 5.91 Å². The van der Waals surface area contributed by atoms with Crippen LogP contribution >= 0.6 is 0 Å². The van der Waals surface area contributed by atoms with Crippen LogP contribution in [0.2, 0.25) is 0 Å². The summed E-state index contributed by atoms with van der Waals surface area (Å²) < 4.78 is 0. The summed E-state index contributed by atoms with van der Waals surface area (Å²) >= 11 is 0. The van der Waals surface area contributed by atoms with Gasteiger partial charge in [-0.3, -0.25) is 9.59 Å². The van der Waals surface area contributed by atoms with E-state index in [2.05, 4.69) is 10.3 Å². The van der Waals surface area contributed by atoms with Crippen molar-refractivity contribution in [3.63, 3.8) is 0 Å². The number of nitrogens with one attached hydrogen (secondary N) is 2. The molecule has 2 N–H and O–H groups in total. The van der Waals surface area contributed by atoms with E-state index in [9.17, 15) is 9.59 Å². The fraction of sp³-hybridized carbons (Fsp3) is 0.167. The van der Waals surface area contributed by atoms with Crippen molar-refractivity contribution in [2.45, 2.75) is 19.4 Å². The number of hydrogen-bond acceptors (Lipinski definition) is 3. The molecule has 1 amide bonds. The molecular formula is C18H15N3O2. The lowest BCUT2D eigenvalue weighted by Gasteiger charge is -2.17. The normalized spacial score (nSPS) is 11.3. The Hall–Kier alpha value is -3.13. The van der Waals surface area contributed by atoms with Gasteiger partial charge in [-0.25, -0.2) is 0 Å². The molecule has 5 heteroatoms. The second kappa shape index (κ2) is 5.25. The zero-order valence-electron chi connectivity index (χ0n) is 12.8. The summed E-state index contributed by atoms with van der Waals surface area (Å²) in [5, 5.41) is 12.8. The van der Waals surface area contributed by atoms with Gasteiger partial charge in [0, 0.05) is 21.9 Å². The summed E-state index contributed by atoms with van der Waals surface area (Å²) in [4.78, 5) is 27.9. The second-order valence-corrected chi connectivity index (χ2v) is 5.95. The molecule has 2 aromatic carbocycles. The lowest BCUT2D eigenvalue weighted by Crippen LogP contribution is -2.42. The van der Waals surface area contributed by atoms with Gasteiger partial charge in [-0.2, -0.15) is 5.26 Å². The predicted octanol–water partition coefficient (Wildman–Crippen LogP) is 2.71. The summed E-state index contributed by atoms with van der Waals surface area (Å²) in [5.74, 6) is -0.354. The number of nitriles is 1. The minimum Gasteiger partial charge on any atom is -0.354 e. The Bertz CT molecular complexity index is 1030. The van der Waals surface area contributed by atoms with Crippen LogP contribution in [0.15, 0.2) is 47.3 Å². The summed E-state index contributed by atoms with van der Waals surface area (Å²) in [6.07, 6.45) is 0. The number of aromatic amines is 1. The van der Waals surface area contributed by atoms with E-state index < -0.39 is 5.54 Å². The lowest BCUT2D eigenvalue weighted by atomic mass is 10.0. The maximum Gasteiger partial charge on any atom is 0.252 e. The molecule has 114 valence electrons. The molecule has 0 unspecified atom stereocenters. The molecule has 3 rings (SSSR count). The molecule has 0 spiro atoms. The van der Waals surface area contributed by atoms with E-state index in [-0.39, 0.29) is 11.3 Å². The van der Waals surface area contributed by atoms with Gasteiger partial charge in [0.1, 0.15) is 5.54 Å². The highest BCUT2D eigenvalue weighted by atomic mass is 16.1. The van der Waals surface area contributed by atoms with E-state index in [1.165, 1.54) is 0 Å². The van der Waals surface area contributed by atoms with Crippen molar-refractivity contribution in [2.24, 2.45) is 0 Å². The zero-order valence-corrected chi connectivity index (χ0v) is 12.8. The fourth-order valence-corrected chi connectivity index (χ4v) is 2.45. The van der Waals surface area contributed by atoms with Gasteiger partial charge in [0.05, 0.1) is 11.6 Å². The van der Waals surface area contributed by atoms with Gasteiger partial charge >= 0.3 is 0 Å². The number of nitrogens with zero attached hydrogens (tertiary/aromatic N) is 1. The molecule has 0 bridgehead atoms. The van der Waals surface area contributed by atoms with Crippen LogP contribution in [0.5, 0.6) is 0 Å². The first kappa shape index (κ1) is 14.8. The third kappa shape index (κ3) is 2.67. The van der Waals surface area contributed by atoms with E-state index in [0.29, 0.717) is 21.9 Å². The third-order valence-corrected chi connectivity index (χ3v) is 3.67. The number of para-hydroxylation sites is 1. The molecular weight excluding hydrogens is 290 g/mol. The van der Waals surface area contributed by atoms with Crippen LogP contribution in [0.3, 0.4) is 0 Å². The van der Waals surface area contributed by atoms with Crippen molar-refractivity contribution in [1.82, 2.24) is 10.3 Å². The van der Waals surface area contributed by atoms with E-state index in [1.807, 2.05) is 24.3 Å². The minimum absolute atomic E-state index is 0.0707. The molecule has 1 heterocycles. The number of amides is 1. The van der Waals surface area contributed by atoms with E-state index >= 15 is 0 Å². The number of benzene rings is 2. The quantitative estimate of drug-likeness (QED) is 0.714. The summed E-state index contributed by atoms with van der Waals surface area (Å²) in [5.41, 5.74) is 0.685. The number of aromatic nitrogens is 1. The van der Waals surface area contributed by atoms with Gasteiger partial charge in [0.15, 0.2) is 5.43 Å². The third-order valence-electron chi connectivity index (χ3n) is 3.67. The highest BCUT2D eigenvalue weighted by molar-refractivity contribution is 6.00. The standard InChI is InChI=1S/C18H15N3O2/c1-18(2,10-19)21-17(23)11-7-8-13-15(9-11)20-14-6-4-3-5-12(14)16(13)22/h3-9H,1-2H3,(H,20,22)(H,21,23). The molecule has 5 nitrogen and oxygen atoms in total. The number of carbonyl (C=O) groups excluding carboxylic acids is 1. The Morgan fingerprint density at radius 1 is 1.13 bits per heavy atom. The van der Waals surface area contributed by atoms with E-state index in [1.54, 1.807) is 38.1 Å². The highest BCUT2D eigenvalue weighted by Gasteiger charge is 2.20. The highest BCUT2D eigenvalue weighted by Crippen LogP contribution is 2.16. The van der Waals surface area contributed by atoms with Gasteiger partial charge in [-0.1, -0.05) is 12.1 Å². The molecule has 0 saturated heterocycles. The molecule has 0 radical (unpaired) electrons. The first-order chi connectivity index (χ1) is 10.9. The Morgan fingerprint density at radius 3 is 2.57 bits per heavy atom. The van der Waals surface area contributed by atoms with Crippen LogP contribution in [0.25, 0.3) is 21.8 Å². The van der Waals surface area contributed by atoms with Gasteiger partial charge in [-0.15, -0.1) is 0 Å². The van der Waals surface area contributed by atoms with Crippen LogP contribution in [0, 0.1) is 11.3 Å². The molecule has 1 aromatic heterocycles. The van der Waals surface area contributed by atoms with Crippen LogP contribution in [-0.2, 0) is 0 Å². The molecule has 0 atom stereocenters. The Labute approximate surface area is 132 Å². The monoisotopic (exact) mass is 305 g/mol. The van der Waals surface area contributed by atoms with E-state index in [4.69, 9.17) is 5.26 Å². The lowest BCUT2D eigenvalue weighted by molar-refractivity contribution is 0.0929. The summed E-state index contributed by atoms with van der Waals surface area (Å²) in [7, 11) is 0. The van der Waals surface area contributed by atoms with Crippen LogP contribution in [0.4, 0.5) is 0 Å². The van der Waals surface area contributed by atoms with Gasteiger partial charge in [0.2, 0.25) is 0 Å². The van der Waals surface area contributed by atoms with Crippen molar-refractivity contribution in [2.75, 3.05) is 0 Å². The molecule has 0 aliphatic rings. The second-order valence-electron chi connectivity index (χ2n) is 5.95. The van der Waals surface area contributed by atoms with E-state index in [0.717, 1.165) is 5.52 Å². The molecule has 0 aliphatic carbocycles. The largest absolute Gasteiger partial charge is 0.354 e. The number of hydrogen-bond donors (Lipinski definition) is 2. The summed E-state index contributed by atoms with van der Waals surface area (Å²) in [6.45, 7) is 3.25. The van der Waals surface area contributed by atoms with Crippen LogP contribution in [0.1, 0.15) is 24.2 Å². The molecule has 0 saturated carbocycles. The number of carbonyl (C=O) groups is 1. The smallest absolute Gasteiger partial charge is 0.252 e. The number of pyridine rings is 1. The fourth-order valence-electron chi connectivity index (χ4n) is 2.45. The van der Waals surface area contributed by atoms with Gasteiger partial charge < -0.3 is 10.3 Å². The first-order valence-electron chi connectivity index (χ1n) is 7.20. The maximum atomic E-state index is 12.5. The summed E-state index contributed by atoms with van der Waals surface area (Å²) in [6, 6.07) is 14.1. The van der Waals surface area contributed by atoms with Crippen molar-refractivity contribution < 1.29 is 4.79 Å². The predicted molar refractivity (Wildman–Crippen MR) is 89.2 cm³/mol. The van der Waals surface area contributed by atoms with Crippen molar-refractivity contribution in [1.29, 1.82) is 5.26 Å². The molecule has 23 heavy (non-hydrogen) atoms. The molecule has 3 aromatic rings. The minimum atomic E-state index is -0.956. The van der Waals surface area contributed by atoms with Crippen molar-refractivity contribution in [3.8, 4) is 6.07 Å². The van der Waals surface area contributed by atoms with Crippen LogP contribution in [-0.4, -0.2) is 16.4 Å². The average molecular weight is 305 g/mol. The Kier molecular flexibility index (Phi) is 3.38. The van der Waals surface area contributed by atoms with Crippen molar-refractivity contribution in [3.05, 3.63) is 58.3 Å². The zero-order chi connectivity index (χ0) is 16.6. The number of rotatable bonds is 2. The van der Waals surface area contributed by atoms with Crippen LogP contribution < -0.4 is 10.7 Å². The molecule has 0 fully saturated rings. The Morgan fingerprint density at radius 2 is 1.83 bits per heavy atom. The first-order valence-corrected chi connectivity index (χ1v) is 7.20. The van der Waals surface area contributed by atoms with Gasteiger partial charge in [-0.05, 0) is 44.2 Å². The maximum absolute atomic E-state index is 12.5.